The molecule has 36 heavy (non-hydrogen) atoms. The second kappa shape index (κ2) is 7.60. The Morgan fingerprint density at radius 2 is 1.28 bits per heavy atom. The van der Waals surface area contributed by atoms with E-state index in [9.17, 15) is 0 Å². The van der Waals surface area contributed by atoms with Crippen molar-refractivity contribution in [3.05, 3.63) is 126 Å². The van der Waals surface area contributed by atoms with Crippen molar-refractivity contribution in [2.24, 2.45) is 0 Å². The monoisotopic (exact) mass is 459 g/mol. The van der Waals surface area contributed by atoms with Crippen LogP contribution < -0.4 is 0 Å². The van der Waals surface area contributed by atoms with Crippen LogP contribution in [0.3, 0.4) is 0 Å². The lowest BCUT2D eigenvalue weighted by atomic mass is 10.0. The first-order valence-corrected chi connectivity index (χ1v) is 11.6. The highest BCUT2D eigenvalue weighted by molar-refractivity contribution is 6.10. The highest BCUT2D eigenvalue weighted by Gasteiger charge is 2.15. The lowest BCUT2D eigenvalue weighted by Gasteiger charge is -2.12. The molecule has 2 aromatic heterocycles. The fourth-order valence-corrected chi connectivity index (χ4v) is 5.17. The van der Waals surface area contributed by atoms with Crippen LogP contribution in [-0.2, 0) is 0 Å². The summed E-state index contributed by atoms with van der Waals surface area (Å²) in [5.41, 5.74) is 7.85. The SMILES string of the molecule is [C-]#[N+]c1cc(-c2ccc3oc4ccccc4c3c2)cc(-n2c3ccccc3c3cc([N+]#[C-])ccc32)c1. The fourth-order valence-electron chi connectivity index (χ4n) is 5.17. The third-order valence-electron chi connectivity index (χ3n) is 6.79. The highest BCUT2D eigenvalue weighted by Crippen LogP contribution is 2.38. The number of benzene rings is 5. The fraction of sp³-hybridized carbons (Fsp3) is 0. The molecular weight excluding hydrogens is 442 g/mol. The number of aromatic nitrogens is 1. The summed E-state index contributed by atoms with van der Waals surface area (Å²) < 4.78 is 8.20. The van der Waals surface area contributed by atoms with Crippen molar-refractivity contribution >= 4 is 55.1 Å². The van der Waals surface area contributed by atoms with E-state index in [2.05, 4.69) is 44.6 Å². The van der Waals surface area contributed by atoms with Crippen LogP contribution in [0.25, 0.3) is 70.2 Å². The minimum absolute atomic E-state index is 0.573. The Hall–Kier alpha value is -5.32. The van der Waals surface area contributed by atoms with Crippen molar-refractivity contribution < 1.29 is 4.42 Å². The molecule has 0 radical (unpaired) electrons. The second-order valence-electron chi connectivity index (χ2n) is 8.82. The van der Waals surface area contributed by atoms with E-state index < -0.39 is 0 Å². The Balaban J connectivity index is 1.50. The van der Waals surface area contributed by atoms with Crippen LogP contribution in [-0.4, -0.2) is 4.57 Å². The maximum absolute atomic E-state index is 7.79. The van der Waals surface area contributed by atoms with Gasteiger partial charge in [0.15, 0.2) is 11.4 Å². The van der Waals surface area contributed by atoms with E-state index in [1.807, 2.05) is 72.8 Å². The number of furan rings is 1. The van der Waals surface area contributed by atoms with E-state index in [0.29, 0.717) is 11.4 Å². The summed E-state index contributed by atoms with van der Waals surface area (Å²) in [6.07, 6.45) is 0. The zero-order valence-corrected chi connectivity index (χ0v) is 19.1. The maximum Gasteiger partial charge on any atom is 0.189 e. The lowest BCUT2D eigenvalue weighted by molar-refractivity contribution is 0.669. The molecule has 0 saturated carbocycles. The zero-order valence-electron chi connectivity index (χ0n) is 19.1. The quantitative estimate of drug-likeness (QED) is 0.237. The molecule has 0 unspecified atom stereocenters. The van der Waals surface area contributed by atoms with Gasteiger partial charge in [0.2, 0.25) is 0 Å². The summed E-state index contributed by atoms with van der Waals surface area (Å²) in [7, 11) is 0. The van der Waals surface area contributed by atoms with Crippen LogP contribution in [0.5, 0.6) is 0 Å². The normalized spacial score (nSPS) is 11.3. The van der Waals surface area contributed by atoms with Gasteiger partial charge < -0.3 is 8.98 Å². The van der Waals surface area contributed by atoms with Gasteiger partial charge in [-0.05, 0) is 71.1 Å². The van der Waals surface area contributed by atoms with E-state index in [1.165, 1.54) is 0 Å². The first-order valence-electron chi connectivity index (χ1n) is 11.6. The van der Waals surface area contributed by atoms with Gasteiger partial charge in [-0.1, -0.05) is 48.5 Å². The van der Waals surface area contributed by atoms with Crippen LogP contribution in [0.1, 0.15) is 0 Å². The summed E-state index contributed by atoms with van der Waals surface area (Å²) >= 11 is 0. The number of para-hydroxylation sites is 2. The van der Waals surface area contributed by atoms with Gasteiger partial charge >= 0.3 is 0 Å². The van der Waals surface area contributed by atoms with E-state index in [1.54, 1.807) is 0 Å². The average Bonchev–Trinajstić information content (AvgIpc) is 3.47. The van der Waals surface area contributed by atoms with Crippen LogP contribution in [0, 0.1) is 13.1 Å². The Kier molecular flexibility index (Phi) is 4.24. The van der Waals surface area contributed by atoms with E-state index in [4.69, 9.17) is 17.6 Å². The van der Waals surface area contributed by atoms with Gasteiger partial charge in [-0.2, -0.15) is 0 Å². The summed E-state index contributed by atoms with van der Waals surface area (Å²) in [5.74, 6) is 0. The van der Waals surface area contributed by atoms with Crippen LogP contribution >= 0.6 is 0 Å². The van der Waals surface area contributed by atoms with Gasteiger partial charge in [0, 0.05) is 21.8 Å². The van der Waals surface area contributed by atoms with Gasteiger partial charge in [-0.3, -0.25) is 0 Å². The molecule has 0 spiro atoms. The zero-order chi connectivity index (χ0) is 24.2. The van der Waals surface area contributed by atoms with Gasteiger partial charge in [-0.15, -0.1) is 0 Å². The van der Waals surface area contributed by atoms with Crippen LogP contribution in [0.15, 0.2) is 108 Å². The van der Waals surface area contributed by atoms with Gasteiger partial charge in [-0.25, -0.2) is 9.69 Å². The topological polar surface area (TPSA) is 26.8 Å². The molecule has 0 saturated heterocycles. The number of rotatable bonds is 2. The predicted octanol–water partition coefficient (Wildman–Crippen LogP) is 9.45. The molecule has 0 N–H and O–H groups in total. The second-order valence-corrected chi connectivity index (χ2v) is 8.82. The van der Waals surface area contributed by atoms with Gasteiger partial charge in [0.05, 0.1) is 24.2 Å². The third-order valence-corrected chi connectivity index (χ3v) is 6.79. The van der Waals surface area contributed by atoms with Crippen molar-refractivity contribution in [1.82, 2.24) is 4.57 Å². The molecule has 7 aromatic rings. The average molecular weight is 460 g/mol. The molecular formula is C32H17N3O. The first kappa shape index (κ1) is 20.1. The number of fused-ring (bicyclic) bond motifs is 6. The van der Waals surface area contributed by atoms with Crippen molar-refractivity contribution in [3.8, 4) is 16.8 Å². The minimum atomic E-state index is 0.573. The molecule has 0 bridgehead atoms. The lowest BCUT2D eigenvalue weighted by Crippen LogP contribution is -1.94. The molecule has 5 aromatic carbocycles. The van der Waals surface area contributed by atoms with Crippen molar-refractivity contribution in [3.63, 3.8) is 0 Å². The number of nitrogens with zero attached hydrogens (tertiary/aromatic N) is 3. The molecule has 166 valence electrons. The molecule has 0 aliphatic rings. The number of hydrogen-bond donors (Lipinski definition) is 0. The standard InChI is InChI=1S/C32H17N3O/c1-33-22-12-13-30-27(19-22)25-7-3-5-9-29(25)35(30)24-16-21(15-23(18-24)34-2)20-11-14-32-28(17-20)26-8-4-6-10-31(26)36-32/h3-19H. The predicted molar refractivity (Wildman–Crippen MR) is 146 cm³/mol. The van der Waals surface area contributed by atoms with Crippen molar-refractivity contribution in [2.75, 3.05) is 0 Å². The Morgan fingerprint density at radius 1 is 0.528 bits per heavy atom. The highest BCUT2D eigenvalue weighted by atomic mass is 16.3. The van der Waals surface area contributed by atoms with Crippen molar-refractivity contribution in [2.45, 2.75) is 0 Å². The van der Waals surface area contributed by atoms with Gasteiger partial charge in [0.1, 0.15) is 11.2 Å². The molecule has 0 aliphatic heterocycles. The minimum Gasteiger partial charge on any atom is -0.456 e. The summed E-state index contributed by atoms with van der Waals surface area (Å²) in [6, 6.07) is 34.2. The van der Waals surface area contributed by atoms with E-state index in [-0.39, 0.29) is 0 Å². The molecule has 2 heterocycles. The van der Waals surface area contributed by atoms with E-state index >= 15 is 0 Å². The van der Waals surface area contributed by atoms with Crippen LogP contribution in [0.2, 0.25) is 0 Å². The summed E-state index contributed by atoms with van der Waals surface area (Å²) in [6.45, 7) is 15.2. The van der Waals surface area contributed by atoms with Crippen molar-refractivity contribution in [1.29, 1.82) is 0 Å². The maximum atomic E-state index is 7.79. The summed E-state index contributed by atoms with van der Waals surface area (Å²) in [5, 5.41) is 4.24. The Morgan fingerprint density at radius 3 is 2.14 bits per heavy atom. The molecule has 7 rings (SSSR count). The summed E-state index contributed by atoms with van der Waals surface area (Å²) in [4.78, 5) is 7.42. The Bertz CT molecular complexity index is 2080. The Labute approximate surface area is 206 Å². The smallest absolute Gasteiger partial charge is 0.189 e. The molecule has 0 aliphatic carbocycles. The molecule has 0 fully saturated rings. The van der Waals surface area contributed by atoms with E-state index in [0.717, 1.165) is 60.6 Å². The third kappa shape index (κ3) is 2.92. The molecule has 4 nitrogen and oxygen atoms in total. The largest absolute Gasteiger partial charge is 0.456 e. The first-order chi connectivity index (χ1) is 17.7. The molecule has 4 heteroatoms. The number of hydrogen-bond acceptors (Lipinski definition) is 1. The molecule has 0 atom stereocenters. The molecule has 0 amide bonds. The van der Waals surface area contributed by atoms with Crippen LogP contribution in [0.4, 0.5) is 11.4 Å². The van der Waals surface area contributed by atoms with Gasteiger partial charge in [0.25, 0.3) is 0 Å².